The van der Waals surface area contributed by atoms with E-state index in [0.29, 0.717) is 6.54 Å². The molecule has 0 saturated carbocycles. The van der Waals surface area contributed by atoms with Gasteiger partial charge in [-0.1, -0.05) is 13.8 Å². The minimum Gasteiger partial charge on any atom is -0.353 e. The zero-order valence-corrected chi connectivity index (χ0v) is 12.5. The third-order valence-corrected chi connectivity index (χ3v) is 3.76. The van der Waals surface area contributed by atoms with Crippen molar-refractivity contribution in [1.29, 1.82) is 0 Å². The van der Waals surface area contributed by atoms with Crippen LogP contribution in [0.15, 0.2) is 0 Å². The lowest BCUT2D eigenvalue weighted by Gasteiger charge is -2.35. The largest absolute Gasteiger partial charge is 0.353 e. The van der Waals surface area contributed by atoms with E-state index in [2.05, 4.69) is 5.32 Å². The zero-order valence-electron chi connectivity index (χ0n) is 12.5. The predicted molar refractivity (Wildman–Crippen MR) is 75.4 cm³/mol. The van der Waals surface area contributed by atoms with Gasteiger partial charge in [-0.05, 0) is 26.7 Å². The van der Waals surface area contributed by atoms with Gasteiger partial charge in [0.1, 0.15) is 0 Å². The lowest BCUT2D eigenvalue weighted by atomic mass is 9.91. The number of likely N-dealkylation sites (tertiary alicyclic amines) is 1. The summed E-state index contributed by atoms with van der Waals surface area (Å²) in [5, 5.41) is 3.04. The summed E-state index contributed by atoms with van der Waals surface area (Å²) in [6.07, 6.45) is 1.65. The Bertz CT molecular complexity index is 332. The van der Waals surface area contributed by atoms with E-state index in [9.17, 15) is 9.59 Å². The summed E-state index contributed by atoms with van der Waals surface area (Å²) in [5.41, 5.74) is 5.07. The fourth-order valence-electron chi connectivity index (χ4n) is 2.08. The number of rotatable bonds is 4. The van der Waals surface area contributed by atoms with Crippen LogP contribution in [-0.2, 0) is 9.59 Å². The second-order valence-corrected chi connectivity index (χ2v) is 6.32. The molecule has 0 spiro atoms. The van der Waals surface area contributed by atoms with E-state index in [1.807, 2.05) is 32.6 Å². The van der Waals surface area contributed by atoms with Crippen LogP contribution in [0.25, 0.3) is 0 Å². The van der Waals surface area contributed by atoms with E-state index in [1.54, 1.807) is 0 Å². The summed E-state index contributed by atoms with van der Waals surface area (Å²) in [6, 6.07) is 0.162. The summed E-state index contributed by atoms with van der Waals surface area (Å²) < 4.78 is 0. The number of hydrogen-bond acceptors (Lipinski definition) is 3. The van der Waals surface area contributed by atoms with Gasteiger partial charge in [-0.15, -0.1) is 0 Å². The van der Waals surface area contributed by atoms with Crippen molar-refractivity contribution in [3.05, 3.63) is 0 Å². The van der Waals surface area contributed by atoms with Crippen LogP contribution in [0.1, 0.15) is 40.5 Å². The van der Waals surface area contributed by atoms with E-state index in [-0.39, 0.29) is 23.8 Å². The molecule has 0 bridgehead atoms. The molecule has 5 nitrogen and oxygen atoms in total. The van der Waals surface area contributed by atoms with Crippen LogP contribution in [0.4, 0.5) is 0 Å². The Morgan fingerprint density at radius 3 is 2.26 bits per heavy atom. The van der Waals surface area contributed by atoms with Gasteiger partial charge >= 0.3 is 0 Å². The Balaban J connectivity index is 2.43. The maximum atomic E-state index is 12.0. The Morgan fingerprint density at radius 2 is 1.84 bits per heavy atom. The van der Waals surface area contributed by atoms with Crippen molar-refractivity contribution in [2.75, 3.05) is 19.6 Å². The number of carbonyl (C=O) groups is 2. The van der Waals surface area contributed by atoms with Crippen LogP contribution in [0.5, 0.6) is 0 Å². The molecule has 0 atom stereocenters. The third kappa shape index (κ3) is 4.20. The van der Waals surface area contributed by atoms with Crippen molar-refractivity contribution in [1.82, 2.24) is 10.2 Å². The molecule has 0 aromatic heterocycles. The molecule has 1 aliphatic rings. The van der Waals surface area contributed by atoms with Crippen molar-refractivity contribution in [3.63, 3.8) is 0 Å². The Kier molecular flexibility index (Phi) is 5.35. The van der Waals surface area contributed by atoms with Gasteiger partial charge in [0, 0.05) is 31.6 Å². The highest BCUT2D eigenvalue weighted by Gasteiger charge is 2.30. The number of hydrogen-bond donors (Lipinski definition) is 2. The lowest BCUT2D eigenvalue weighted by molar-refractivity contribution is -0.135. The number of nitrogens with one attached hydrogen (secondary N) is 1. The molecule has 3 N–H and O–H groups in total. The minimum absolute atomic E-state index is 0.00337. The van der Waals surface area contributed by atoms with Crippen molar-refractivity contribution >= 4 is 11.8 Å². The normalized spacial score (nSPS) is 17.7. The second kappa shape index (κ2) is 6.37. The molecule has 5 heteroatoms. The molecule has 1 fully saturated rings. The molecule has 0 aromatic carbocycles. The molecule has 19 heavy (non-hydrogen) atoms. The molecule has 110 valence electrons. The van der Waals surface area contributed by atoms with Crippen LogP contribution in [0.3, 0.4) is 0 Å². The highest BCUT2D eigenvalue weighted by molar-refractivity contribution is 5.82. The molecule has 1 heterocycles. The molecule has 0 aliphatic carbocycles. The summed E-state index contributed by atoms with van der Waals surface area (Å²) in [5.74, 6) is 0.248. The van der Waals surface area contributed by atoms with E-state index < -0.39 is 5.41 Å². The maximum Gasteiger partial charge on any atom is 0.227 e. The van der Waals surface area contributed by atoms with Gasteiger partial charge in [0.2, 0.25) is 11.8 Å². The first-order chi connectivity index (χ1) is 8.77. The summed E-state index contributed by atoms with van der Waals surface area (Å²) in [7, 11) is 0. The van der Waals surface area contributed by atoms with Crippen molar-refractivity contribution in [2.24, 2.45) is 17.1 Å². The van der Waals surface area contributed by atoms with Gasteiger partial charge in [0.25, 0.3) is 0 Å². The van der Waals surface area contributed by atoms with Gasteiger partial charge in [0.05, 0.1) is 5.41 Å². The molecule has 0 unspecified atom stereocenters. The van der Waals surface area contributed by atoms with E-state index in [1.165, 1.54) is 0 Å². The van der Waals surface area contributed by atoms with Gasteiger partial charge < -0.3 is 16.0 Å². The first-order valence-electron chi connectivity index (χ1n) is 7.07. The monoisotopic (exact) mass is 269 g/mol. The van der Waals surface area contributed by atoms with Crippen LogP contribution in [0, 0.1) is 11.3 Å². The van der Waals surface area contributed by atoms with Crippen molar-refractivity contribution in [3.8, 4) is 0 Å². The standard InChI is InChI=1S/C14H27N3O2/c1-10(2)12(18)17-7-5-11(6-8-17)16-13(19)14(3,4)9-15/h10-11H,5-9,15H2,1-4H3,(H,16,19). The molecule has 0 radical (unpaired) electrons. The highest BCUT2D eigenvalue weighted by atomic mass is 16.2. The molecule has 1 saturated heterocycles. The molecule has 2 amide bonds. The highest BCUT2D eigenvalue weighted by Crippen LogP contribution is 2.17. The summed E-state index contributed by atoms with van der Waals surface area (Å²) in [4.78, 5) is 25.8. The van der Waals surface area contributed by atoms with Crippen molar-refractivity contribution < 1.29 is 9.59 Å². The summed E-state index contributed by atoms with van der Waals surface area (Å²) in [6.45, 7) is 9.32. The number of nitrogens with zero attached hydrogens (tertiary/aromatic N) is 1. The first-order valence-corrected chi connectivity index (χ1v) is 7.07. The Hall–Kier alpha value is -1.10. The number of carbonyl (C=O) groups excluding carboxylic acids is 2. The second-order valence-electron chi connectivity index (χ2n) is 6.32. The topological polar surface area (TPSA) is 75.4 Å². The zero-order chi connectivity index (χ0) is 14.6. The predicted octanol–water partition coefficient (Wildman–Crippen LogP) is 0.735. The lowest BCUT2D eigenvalue weighted by Crippen LogP contribution is -2.51. The maximum absolute atomic E-state index is 12.0. The van der Waals surface area contributed by atoms with Crippen LogP contribution < -0.4 is 11.1 Å². The molecular weight excluding hydrogens is 242 g/mol. The fraction of sp³-hybridized carbons (Fsp3) is 0.857. The molecular formula is C14H27N3O2. The summed E-state index contributed by atoms with van der Waals surface area (Å²) >= 11 is 0. The van der Waals surface area contributed by atoms with Crippen LogP contribution in [0.2, 0.25) is 0 Å². The minimum atomic E-state index is -0.523. The first kappa shape index (κ1) is 16.0. The van der Waals surface area contributed by atoms with Crippen LogP contribution >= 0.6 is 0 Å². The van der Waals surface area contributed by atoms with Crippen molar-refractivity contribution in [2.45, 2.75) is 46.6 Å². The number of piperidine rings is 1. The third-order valence-electron chi connectivity index (χ3n) is 3.76. The van der Waals surface area contributed by atoms with Crippen LogP contribution in [-0.4, -0.2) is 42.4 Å². The number of nitrogens with two attached hydrogens (primary N) is 1. The smallest absolute Gasteiger partial charge is 0.227 e. The van der Waals surface area contributed by atoms with Gasteiger partial charge in [-0.2, -0.15) is 0 Å². The average Bonchev–Trinajstić information content (AvgIpc) is 2.38. The molecule has 0 aromatic rings. The van der Waals surface area contributed by atoms with E-state index in [4.69, 9.17) is 5.73 Å². The Morgan fingerprint density at radius 1 is 1.32 bits per heavy atom. The Labute approximate surface area is 115 Å². The molecule has 1 aliphatic heterocycles. The average molecular weight is 269 g/mol. The SMILES string of the molecule is CC(C)C(=O)N1CCC(NC(=O)C(C)(C)CN)CC1. The van der Waals surface area contributed by atoms with E-state index >= 15 is 0 Å². The number of amides is 2. The quantitative estimate of drug-likeness (QED) is 0.790. The van der Waals surface area contributed by atoms with E-state index in [0.717, 1.165) is 25.9 Å². The fourth-order valence-corrected chi connectivity index (χ4v) is 2.08. The van der Waals surface area contributed by atoms with Gasteiger partial charge in [-0.3, -0.25) is 9.59 Å². The molecule has 1 rings (SSSR count). The van der Waals surface area contributed by atoms with Gasteiger partial charge in [0.15, 0.2) is 0 Å². The van der Waals surface area contributed by atoms with Gasteiger partial charge in [-0.25, -0.2) is 0 Å².